The quantitative estimate of drug-likeness (QED) is 0.641. The van der Waals surface area contributed by atoms with Crippen LogP contribution in [0, 0.1) is 0 Å². The molecule has 0 aromatic heterocycles. The van der Waals surface area contributed by atoms with Crippen LogP contribution >= 0.6 is 0 Å². The largest absolute Gasteiger partial charge is 0.478 e. The maximum absolute atomic E-state index is 11.6. The summed E-state index contributed by atoms with van der Waals surface area (Å²) < 4.78 is 4.96. The topological polar surface area (TPSA) is 83.8 Å². The molecule has 0 heterocycles. The molecule has 0 spiro atoms. The highest BCUT2D eigenvalue weighted by molar-refractivity contribution is 6.02. The number of esters is 1. The molecular weight excluding hydrogens is 260 g/mol. The Balaban J connectivity index is 0.000000796. The van der Waals surface area contributed by atoms with Crippen LogP contribution in [0.3, 0.4) is 0 Å². The highest BCUT2D eigenvalue weighted by Crippen LogP contribution is 2.10. The first-order chi connectivity index (χ1) is 9.40. The van der Waals surface area contributed by atoms with Gasteiger partial charge in [-0.15, -0.1) is 0 Å². The van der Waals surface area contributed by atoms with Crippen molar-refractivity contribution in [3.05, 3.63) is 35.4 Å². The summed E-state index contributed by atoms with van der Waals surface area (Å²) in [5.41, 5.74) is 0.0788. The van der Waals surface area contributed by atoms with E-state index in [1.165, 1.54) is 12.1 Å². The lowest BCUT2D eigenvalue weighted by Crippen LogP contribution is -2.12. The lowest BCUT2D eigenvalue weighted by molar-refractivity contribution is 0.0489. The van der Waals surface area contributed by atoms with Crippen molar-refractivity contribution in [3.8, 4) is 0 Å². The summed E-state index contributed by atoms with van der Waals surface area (Å²) in [6.07, 6.45) is 1.54. The van der Waals surface area contributed by atoms with Crippen molar-refractivity contribution in [1.82, 2.24) is 0 Å². The van der Waals surface area contributed by atoms with Gasteiger partial charge in [0.1, 0.15) is 0 Å². The van der Waals surface area contributed by atoms with Gasteiger partial charge in [0.05, 0.1) is 17.7 Å². The van der Waals surface area contributed by atoms with Crippen LogP contribution in [0.2, 0.25) is 0 Å². The van der Waals surface area contributed by atoms with Gasteiger partial charge in [-0.2, -0.15) is 0 Å². The number of benzene rings is 1. The fourth-order valence-corrected chi connectivity index (χ4v) is 1.23. The summed E-state index contributed by atoms with van der Waals surface area (Å²) in [4.78, 5) is 22.4. The summed E-state index contributed by atoms with van der Waals surface area (Å²) in [5, 5.41) is 16.9. The molecule has 0 atom stereocenters. The zero-order valence-corrected chi connectivity index (χ0v) is 12.1. The molecule has 112 valence electrons. The van der Waals surface area contributed by atoms with Gasteiger partial charge in [0, 0.05) is 6.10 Å². The van der Waals surface area contributed by atoms with Gasteiger partial charge in [-0.3, -0.25) is 0 Å². The van der Waals surface area contributed by atoms with Crippen LogP contribution in [0.4, 0.5) is 0 Å². The summed E-state index contributed by atoms with van der Waals surface area (Å²) >= 11 is 0. The van der Waals surface area contributed by atoms with Crippen LogP contribution in [0.5, 0.6) is 0 Å². The molecule has 20 heavy (non-hydrogen) atoms. The van der Waals surface area contributed by atoms with Crippen molar-refractivity contribution in [3.63, 3.8) is 0 Å². The minimum atomic E-state index is -1.12. The Labute approximate surface area is 119 Å². The molecule has 0 aliphatic carbocycles. The van der Waals surface area contributed by atoms with Crippen LogP contribution in [0.1, 0.15) is 54.3 Å². The SMILES string of the molecule is CC(C)O.CCCCOC(=O)c1ccccc1C(=O)O. The van der Waals surface area contributed by atoms with E-state index in [0.717, 1.165) is 12.8 Å². The van der Waals surface area contributed by atoms with Gasteiger partial charge in [-0.25, -0.2) is 9.59 Å². The predicted molar refractivity (Wildman–Crippen MR) is 75.9 cm³/mol. The number of aliphatic hydroxyl groups excluding tert-OH is 1. The van der Waals surface area contributed by atoms with Crippen LogP contribution < -0.4 is 0 Å². The third kappa shape index (κ3) is 7.53. The van der Waals surface area contributed by atoms with E-state index in [-0.39, 0.29) is 17.2 Å². The normalized spacial score (nSPS) is 9.65. The number of aromatic carboxylic acids is 1. The van der Waals surface area contributed by atoms with Crippen molar-refractivity contribution in [1.29, 1.82) is 0 Å². The molecule has 0 unspecified atom stereocenters. The molecule has 0 fully saturated rings. The monoisotopic (exact) mass is 282 g/mol. The Bertz CT molecular complexity index is 423. The molecule has 0 aliphatic rings. The Morgan fingerprint density at radius 3 is 2.15 bits per heavy atom. The maximum Gasteiger partial charge on any atom is 0.339 e. The first-order valence-electron chi connectivity index (χ1n) is 6.57. The van der Waals surface area contributed by atoms with Crippen LogP contribution in [0.25, 0.3) is 0 Å². The average Bonchev–Trinajstić information content (AvgIpc) is 2.38. The summed E-state index contributed by atoms with van der Waals surface area (Å²) in [7, 11) is 0. The minimum Gasteiger partial charge on any atom is -0.478 e. The summed E-state index contributed by atoms with van der Waals surface area (Å²) in [6, 6.07) is 6.03. The van der Waals surface area contributed by atoms with Gasteiger partial charge >= 0.3 is 11.9 Å². The number of aliphatic hydroxyl groups is 1. The van der Waals surface area contributed by atoms with Crippen molar-refractivity contribution < 1.29 is 24.5 Å². The second-order valence-corrected chi connectivity index (χ2v) is 4.43. The van der Waals surface area contributed by atoms with Crippen molar-refractivity contribution in [2.75, 3.05) is 6.61 Å². The Hall–Kier alpha value is -1.88. The zero-order valence-electron chi connectivity index (χ0n) is 12.1. The highest BCUT2D eigenvalue weighted by atomic mass is 16.5. The lowest BCUT2D eigenvalue weighted by Gasteiger charge is -2.06. The molecule has 5 heteroatoms. The molecule has 1 rings (SSSR count). The number of carboxylic acids is 1. The molecule has 0 bridgehead atoms. The van der Waals surface area contributed by atoms with E-state index >= 15 is 0 Å². The van der Waals surface area contributed by atoms with Crippen LogP contribution in [0.15, 0.2) is 24.3 Å². The number of hydrogen-bond acceptors (Lipinski definition) is 4. The van der Waals surface area contributed by atoms with Gasteiger partial charge in [-0.05, 0) is 32.4 Å². The maximum atomic E-state index is 11.6. The second kappa shape index (κ2) is 9.97. The first kappa shape index (κ1) is 18.1. The Morgan fingerprint density at radius 2 is 1.70 bits per heavy atom. The molecule has 0 radical (unpaired) electrons. The van der Waals surface area contributed by atoms with E-state index in [0.29, 0.717) is 6.61 Å². The molecular formula is C15H22O5. The van der Waals surface area contributed by atoms with Gasteiger partial charge < -0.3 is 14.9 Å². The van der Waals surface area contributed by atoms with E-state index in [2.05, 4.69) is 0 Å². The molecule has 0 saturated heterocycles. The van der Waals surface area contributed by atoms with E-state index in [1.54, 1.807) is 26.0 Å². The number of carboxylic acid groups (broad SMARTS) is 1. The van der Waals surface area contributed by atoms with Crippen LogP contribution in [-0.2, 0) is 4.74 Å². The zero-order chi connectivity index (χ0) is 15.5. The fraction of sp³-hybridized carbons (Fsp3) is 0.467. The Morgan fingerprint density at radius 1 is 1.20 bits per heavy atom. The molecule has 2 N–H and O–H groups in total. The van der Waals surface area contributed by atoms with Gasteiger partial charge in [0.25, 0.3) is 0 Å². The average molecular weight is 282 g/mol. The highest BCUT2D eigenvalue weighted by Gasteiger charge is 2.16. The standard InChI is InChI=1S/C12H14O4.C3H8O/c1-2-3-8-16-12(15)10-7-5-4-6-9(10)11(13)14;1-3(2)4/h4-7H,2-3,8H2,1H3,(H,13,14);3-4H,1-2H3. The number of unbranched alkanes of at least 4 members (excludes halogenated alkanes) is 1. The fourth-order valence-electron chi connectivity index (χ4n) is 1.23. The Kier molecular flexibility index (Phi) is 9.04. The number of rotatable bonds is 5. The number of ether oxygens (including phenoxy) is 1. The van der Waals surface area contributed by atoms with Crippen molar-refractivity contribution >= 4 is 11.9 Å². The lowest BCUT2D eigenvalue weighted by atomic mass is 10.1. The van der Waals surface area contributed by atoms with Crippen molar-refractivity contribution in [2.24, 2.45) is 0 Å². The molecule has 5 nitrogen and oxygen atoms in total. The minimum absolute atomic E-state index is 0.0241. The number of hydrogen-bond donors (Lipinski definition) is 2. The van der Waals surface area contributed by atoms with Gasteiger partial charge in [-0.1, -0.05) is 25.5 Å². The van der Waals surface area contributed by atoms with E-state index in [4.69, 9.17) is 14.9 Å². The molecule has 0 amide bonds. The second-order valence-electron chi connectivity index (χ2n) is 4.43. The third-order valence-electron chi connectivity index (χ3n) is 2.11. The predicted octanol–water partition coefficient (Wildman–Crippen LogP) is 2.73. The third-order valence-corrected chi connectivity index (χ3v) is 2.11. The van der Waals surface area contributed by atoms with Crippen LogP contribution in [-0.4, -0.2) is 34.9 Å². The van der Waals surface area contributed by atoms with E-state index in [1.807, 2.05) is 6.92 Å². The molecule has 0 saturated carbocycles. The molecule has 1 aromatic carbocycles. The van der Waals surface area contributed by atoms with E-state index in [9.17, 15) is 9.59 Å². The number of carbonyl (C=O) groups is 2. The van der Waals surface area contributed by atoms with Gasteiger partial charge in [0.2, 0.25) is 0 Å². The van der Waals surface area contributed by atoms with Crippen molar-refractivity contribution in [2.45, 2.75) is 39.7 Å². The number of carbonyl (C=O) groups excluding carboxylic acids is 1. The molecule has 0 aliphatic heterocycles. The first-order valence-corrected chi connectivity index (χ1v) is 6.57. The van der Waals surface area contributed by atoms with Gasteiger partial charge in [0.15, 0.2) is 0 Å². The van der Waals surface area contributed by atoms with E-state index < -0.39 is 11.9 Å². The summed E-state index contributed by atoms with van der Waals surface area (Å²) in [6.45, 7) is 5.75. The smallest absolute Gasteiger partial charge is 0.339 e. The summed E-state index contributed by atoms with van der Waals surface area (Å²) in [5.74, 6) is -1.70. The molecule has 1 aromatic rings.